The summed E-state index contributed by atoms with van der Waals surface area (Å²) < 4.78 is 11.8. The summed E-state index contributed by atoms with van der Waals surface area (Å²) in [5.74, 6) is 1.13. The van der Waals surface area contributed by atoms with Crippen LogP contribution in [0.2, 0.25) is 0 Å². The minimum atomic E-state index is -0.120. The summed E-state index contributed by atoms with van der Waals surface area (Å²) >= 11 is 3.38. The predicted molar refractivity (Wildman–Crippen MR) is 100 cm³/mol. The number of furan rings is 1. The lowest BCUT2D eigenvalue weighted by atomic mass is 10.2. The van der Waals surface area contributed by atoms with Crippen molar-refractivity contribution in [2.24, 2.45) is 0 Å². The van der Waals surface area contributed by atoms with Crippen LogP contribution in [0.3, 0.4) is 0 Å². The maximum atomic E-state index is 12.3. The van der Waals surface area contributed by atoms with E-state index < -0.39 is 0 Å². The fourth-order valence-corrected chi connectivity index (χ4v) is 3.08. The molecule has 0 aliphatic carbocycles. The summed E-state index contributed by atoms with van der Waals surface area (Å²) in [4.78, 5) is 28.0. The van der Waals surface area contributed by atoms with Crippen molar-refractivity contribution in [2.75, 3.05) is 32.8 Å². The Labute approximate surface area is 160 Å². The van der Waals surface area contributed by atoms with Crippen molar-refractivity contribution in [3.63, 3.8) is 0 Å². The van der Waals surface area contributed by atoms with E-state index in [1.54, 1.807) is 17.0 Å². The molecule has 0 radical (unpaired) electrons. The molecule has 3 rings (SSSR count). The first-order chi connectivity index (χ1) is 12.6. The summed E-state index contributed by atoms with van der Waals surface area (Å²) in [6.07, 6.45) is 2.60. The van der Waals surface area contributed by atoms with Crippen LogP contribution >= 0.6 is 15.9 Å². The Bertz CT molecular complexity index is 723. The Morgan fingerprint density at radius 1 is 1.04 bits per heavy atom. The van der Waals surface area contributed by atoms with E-state index in [1.807, 2.05) is 29.2 Å². The van der Waals surface area contributed by atoms with E-state index in [4.69, 9.17) is 9.15 Å². The van der Waals surface area contributed by atoms with Crippen molar-refractivity contribution >= 4 is 27.7 Å². The number of nitrogens with zero attached hydrogens (tertiary/aromatic N) is 2. The first kappa shape index (κ1) is 18.5. The third-order valence-corrected chi connectivity index (χ3v) is 4.80. The predicted octanol–water partition coefficient (Wildman–Crippen LogP) is 3.19. The molecule has 26 heavy (non-hydrogen) atoms. The number of carbonyl (C=O) groups excluding carboxylic acids is 2. The molecule has 0 N–H and O–H groups in total. The molecule has 2 amide bonds. The zero-order valence-corrected chi connectivity index (χ0v) is 16.0. The molecule has 0 spiro atoms. The SMILES string of the molecule is O=C(CCCOc1ccc(Br)cc1)N1CCN(C(=O)c2ccco2)CC1. The average Bonchev–Trinajstić information content (AvgIpc) is 3.21. The molecule has 1 aliphatic heterocycles. The number of hydrogen-bond acceptors (Lipinski definition) is 4. The van der Waals surface area contributed by atoms with Crippen LogP contribution in [-0.2, 0) is 4.79 Å². The van der Waals surface area contributed by atoms with E-state index in [1.165, 1.54) is 6.26 Å². The summed E-state index contributed by atoms with van der Waals surface area (Å²) in [6.45, 7) is 2.67. The fourth-order valence-electron chi connectivity index (χ4n) is 2.82. The van der Waals surface area contributed by atoms with Crippen LogP contribution < -0.4 is 4.74 Å². The van der Waals surface area contributed by atoms with Gasteiger partial charge in [0.25, 0.3) is 5.91 Å². The van der Waals surface area contributed by atoms with Crippen LogP contribution in [-0.4, -0.2) is 54.4 Å². The largest absolute Gasteiger partial charge is 0.494 e. The maximum Gasteiger partial charge on any atom is 0.289 e. The van der Waals surface area contributed by atoms with Crippen molar-refractivity contribution in [1.82, 2.24) is 9.80 Å². The van der Waals surface area contributed by atoms with Crippen LogP contribution in [0.25, 0.3) is 0 Å². The molecule has 2 heterocycles. The number of benzene rings is 1. The lowest BCUT2D eigenvalue weighted by Gasteiger charge is -2.34. The Morgan fingerprint density at radius 2 is 1.73 bits per heavy atom. The summed E-state index contributed by atoms with van der Waals surface area (Å²) in [5.41, 5.74) is 0. The third kappa shape index (κ3) is 4.88. The normalized spacial score (nSPS) is 14.3. The van der Waals surface area contributed by atoms with Gasteiger partial charge >= 0.3 is 0 Å². The lowest BCUT2D eigenvalue weighted by Crippen LogP contribution is -2.50. The van der Waals surface area contributed by atoms with Crippen molar-refractivity contribution in [2.45, 2.75) is 12.8 Å². The number of amides is 2. The molecule has 0 bridgehead atoms. The molecule has 2 aromatic rings. The van der Waals surface area contributed by atoms with Crippen LogP contribution in [0.4, 0.5) is 0 Å². The van der Waals surface area contributed by atoms with Gasteiger partial charge in [0.15, 0.2) is 5.76 Å². The summed E-state index contributed by atoms with van der Waals surface area (Å²) in [6, 6.07) is 11.0. The zero-order chi connectivity index (χ0) is 18.4. The standard InChI is InChI=1S/C19H21BrN2O4/c20-15-5-7-16(8-6-15)25-13-2-4-18(23)21-9-11-22(12-10-21)19(24)17-3-1-14-26-17/h1,3,5-8,14H,2,4,9-13H2. The quantitative estimate of drug-likeness (QED) is 0.673. The first-order valence-corrected chi connectivity index (χ1v) is 9.42. The minimum Gasteiger partial charge on any atom is -0.494 e. The van der Waals surface area contributed by atoms with Gasteiger partial charge in [0.05, 0.1) is 12.9 Å². The second kappa shape index (κ2) is 8.89. The molecular weight excluding hydrogens is 400 g/mol. The monoisotopic (exact) mass is 420 g/mol. The molecule has 1 aliphatic rings. The Kier molecular flexibility index (Phi) is 6.33. The fraction of sp³-hybridized carbons (Fsp3) is 0.368. The van der Waals surface area contributed by atoms with Crippen LogP contribution in [0.15, 0.2) is 51.6 Å². The molecule has 1 aromatic heterocycles. The van der Waals surface area contributed by atoms with Crippen LogP contribution in [0, 0.1) is 0 Å². The highest BCUT2D eigenvalue weighted by Crippen LogP contribution is 2.16. The van der Waals surface area contributed by atoms with Gasteiger partial charge in [-0.2, -0.15) is 0 Å². The molecule has 7 heteroatoms. The molecule has 1 fully saturated rings. The third-order valence-electron chi connectivity index (χ3n) is 4.27. The van der Waals surface area contributed by atoms with Gasteiger partial charge in [-0.05, 0) is 42.8 Å². The Morgan fingerprint density at radius 3 is 2.38 bits per heavy atom. The van der Waals surface area contributed by atoms with Gasteiger partial charge in [0, 0.05) is 37.1 Å². The smallest absolute Gasteiger partial charge is 0.289 e. The first-order valence-electron chi connectivity index (χ1n) is 8.62. The van der Waals surface area contributed by atoms with Gasteiger partial charge in [-0.1, -0.05) is 15.9 Å². The second-order valence-corrected chi connectivity index (χ2v) is 6.97. The zero-order valence-electron chi connectivity index (χ0n) is 14.4. The highest BCUT2D eigenvalue weighted by atomic mass is 79.9. The number of ether oxygens (including phenoxy) is 1. The molecule has 0 atom stereocenters. The van der Waals surface area contributed by atoms with Crippen molar-refractivity contribution in [1.29, 1.82) is 0 Å². The molecule has 1 aromatic carbocycles. The van der Waals surface area contributed by atoms with Gasteiger partial charge in [-0.3, -0.25) is 9.59 Å². The number of carbonyl (C=O) groups is 2. The van der Waals surface area contributed by atoms with E-state index in [0.29, 0.717) is 51.4 Å². The van der Waals surface area contributed by atoms with E-state index in [0.717, 1.165) is 10.2 Å². The van der Waals surface area contributed by atoms with E-state index in [9.17, 15) is 9.59 Å². The van der Waals surface area contributed by atoms with Crippen molar-refractivity contribution < 1.29 is 18.7 Å². The van der Waals surface area contributed by atoms with E-state index in [2.05, 4.69) is 15.9 Å². The van der Waals surface area contributed by atoms with Gasteiger partial charge < -0.3 is 19.0 Å². The maximum absolute atomic E-state index is 12.3. The van der Waals surface area contributed by atoms with Gasteiger partial charge in [-0.25, -0.2) is 0 Å². The summed E-state index contributed by atoms with van der Waals surface area (Å²) in [7, 11) is 0. The highest BCUT2D eigenvalue weighted by Gasteiger charge is 2.25. The Balaban J connectivity index is 1.36. The van der Waals surface area contributed by atoms with E-state index in [-0.39, 0.29) is 11.8 Å². The average molecular weight is 421 g/mol. The molecule has 138 valence electrons. The molecule has 6 nitrogen and oxygen atoms in total. The van der Waals surface area contributed by atoms with Gasteiger partial charge in [-0.15, -0.1) is 0 Å². The number of piperazine rings is 1. The lowest BCUT2D eigenvalue weighted by molar-refractivity contribution is -0.132. The molecule has 1 saturated heterocycles. The van der Waals surface area contributed by atoms with Gasteiger partial charge in [0.1, 0.15) is 5.75 Å². The van der Waals surface area contributed by atoms with Crippen LogP contribution in [0.1, 0.15) is 23.4 Å². The van der Waals surface area contributed by atoms with E-state index >= 15 is 0 Å². The second-order valence-electron chi connectivity index (χ2n) is 6.06. The summed E-state index contributed by atoms with van der Waals surface area (Å²) in [5, 5.41) is 0. The van der Waals surface area contributed by atoms with Gasteiger partial charge in [0.2, 0.25) is 5.91 Å². The molecule has 0 unspecified atom stereocenters. The number of halogens is 1. The molecule has 0 saturated carbocycles. The number of rotatable bonds is 6. The molecular formula is C19H21BrN2O4. The number of hydrogen-bond donors (Lipinski definition) is 0. The highest BCUT2D eigenvalue weighted by molar-refractivity contribution is 9.10. The minimum absolute atomic E-state index is 0.106. The van der Waals surface area contributed by atoms with Crippen molar-refractivity contribution in [3.8, 4) is 5.75 Å². The van der Waals surface area contributed by atoms with Crippen molar-refractivity contribution in [3.05, 3.63) is 52.9 Å². The van der Waals surface area contributed by atoms with Crippen LogP contribution in [0.5, 0.6) is 5.75 Å². The Hall–Kier alpha value is -2.28. The topological polar surface area (TPSA) is 63.0 Å².